The molecule has 0 aliphatic carbocycles. The van der Waals surface area contributed by atoms with E-state index in [-0.39, 0.29) is 12.3 Å². The maximum absolute atomic E-state index is 10.6. The molecule has 0 amide bonds. The number of ether oxygens (including phenoxy) is 2. The van der Waals surface area contributed by atoms with Gasteiger partial charge < -0.3 is 9.47 Å². The third kappa shape index (κ3) is 3.48. The molecule has 2 rings (SSSR count). The van der Waals surface area contributed by atoms with Crippen molar-refractivity contribution in [2.75, 3.05) is 7.11 Å². The molecule has 6 heteroatoms. The van der Waals surface area contributed by atoms with E-state index < -0.39 is 4.92 Å². The number of nitro groups is 1. The maximum Gasteiger partial charge on any atom is 0.269 e. The Kier molecular flexibility index (Phi) is 4.36. The lowest BCUT2D eigenvalue weighted by molar-refractivity contribution is -0.384. The Morgan fingerprint density at radius 2 is 1.90 bits per heavy atom. The van der Waals surface area contributed by atoms with Crippen LogP contribution in [0.15, 0.2) is 42.5 Å². The lowest BCUT2D eigenvalue weighted by atomic mass is 10.2. The van der Waals surface area contributed by atoms with Gasteiger partial charge in [0, 0.05) is 18.2 Å². The quantitative estimate of drug-likeness (QED) is 0.622. The molecule has 0 radical (unpaired) electrons. The topological polar surface area (TPSA) is 85.4 Å². The largest absolute Gasteiger partial charge is 0.493 e. The van der Waals surface area contributed by atoms with Gasteiger partial charge in [0.25, 0.3) is 5.69 Å². The van der Waals surface area contributed by atoms with Gasteiger partial charge >= 0.3 is 0 Å². The monoisotopic (exact) mass is 284 g/mol. The van der Waals surface area contributed by atoms with Gasteiger partial charge in [-0.3, -0.25) is 10.1 Å². The molecule has 106 valence electrons. The van der Waals surface area contributed by atoms with Crippen LogP contribution in [-0.2, 0) is 6.61 Å². The Labute approximate surface area is 121 Å². The van der Waals surface area contributed by atoms with Crippen LogP contribution in [0.4, 0.5) is 5.69 Å². The molecule has 0 aromatic heterocycles. The fourth-order valence-corrected chi connectivity index (χ4v) is 1.73. The second-order valence-corrected chi connectivity index (χ2v) is 4.19. The molecular formula is C15H12N2O4. The smallest absolute Gasteiger partial charge is 0.269 e. The van der Waals surface area contributed by atoms with Crippen molar-refractivity contribution in [3.8, 4) is 17.6 Å². The van der Waals surface area contributed by atoms with Crippen molar-refractivity contribution in [1.29, 1.82) is 5.26 Å². The van der Waals surface area contributed by atoms with E-state index in [1.807, 2.05) is 6.07 Å². The second-order valence-electron chi connectivity index (χ2n) is 4.19. The zero-order chi connectivity index (χ0) is 15.2. The molecule has 2 aromatic rings. The van der Waals surface area contributed by atoms with E-state index in [4.69, 9.17) is 14.7 Å². The van der Waals surface area contributed by atoms with Gasteiger partial charge in [-0.25, -0.2) is 0 Å². The molecule has 21 heavy (non-hydrogen) atoms. The molecule has 0 fully saturated rings. The van der Waals surface area contributed by atoms with Crippen LogP contribution in [0.5, 0.6) is 11.5 Å². The number of methoxy groups -OCH3 is 1. The molecule has 2 aromatic carbocycles. The van der Waals surface area contributed by atoms with E-state index in [1.165, 1.54) is 19.2 Å². The number of rotatable bonds is 5. The van der Waals surface area contributed by atoms with Gasteiger partial charge in [-0.15, -0.1) is 0 Å². The molecule has 6 nitrogen and oxygen atoms in total. The Bertz CT molecular complexity index is 690. The van der Waals surface area contributed by atoms with Gasteiger partial charge in [-0.1, -0.05) is 0 Å². The highest BCUT2D eigenvalue weighted by molar-refractivity contribution is 5.46. The molecule has 0 spiro atoms. The summed E-state index contributed by atoms with van der Waals surface area (Å²) in [5, 5.41) is 19.5. The molecule has 0 aliphatic rings. The van der Waals surface area contributed by atoms with Crippen molar-refractivity contribution in [3.05, 3.63) is 63.7 Å². The van der Waals surface area contributed by atoms with Crippen molar-refractivity contribution in [2.45, 2.75) is 6.61 Å². The molecule has 0 bridgehead atoms. The third-order valence-corrected chi connectivity index (χ3v) is 2.83. The number of hydrogen-bond donors (Lipinski definition) is 0. The van der Waals surface area contributed by atoms with Crippen molar-refractivity contribution < 1.29 is 14.4 Å². The first-order chi connectivity index (χ1) is 10.1. The summed E-state index contributed by atoms with van der Waals surface area (Å²) in [6.45, 7) is 0.225. The van der Waals surface area contributed by atoms with Crippen molar-refractivity contribution in [2.24, 2.45) is 0 Å². The van der Waals surface area contributed by atoms with Crippen LogP contribution >= 0.6 is 0 Å². The minimum absolute atomic E-state index is 0.0304. The van der Waals surface area contributed by atoms with E-state index in [0.29, 0.717) is 17.1 Å². The van der Waals surface area contributed by atoms with Crippen LogP contribution in [0.3, 0.4) is 0 Å². The zero-order valence-corrected chi connectivity index (χ0v) is 11.3. The summed E-state index contributed by atoms with van der Waals surface area (Å²) in [6.07, 6.45) is 0. The third-order valence-electron chi connectivity index (χ3n) is 2.83. The summed E-state index contributed by atoms with van der Waals surface area (Å²) >= 11 is 0. The number of non-ortho nitro benzene ring substituents is 1. The first kappa shape index (κ1) is 14.3. The van der Waals surface area contributed by atoms with Crippen LogP contribution in [0.2, 0.25) is 0 Å². The number of hydrogen-bond acceptors (Lipinski definition) is 5. The number of nitrogens with zero attached hydrogens (tertiary/aromatic N) is 2. The number of benzene rings is 2. The van der Waals surface area contributed by atoms with Gasteiger partial charge in [-0.2, -0.15) is 5.26 Å². The number of nitro benzene ring substituents is 1. The molecule has 0 heterocycles. The SMILES string of the molecule is COc1ccc(C#N)cc1OCc1ccc([N+](=O)[O-])cc1. The van der Waals surface area contributed by atoms with E-state index >= 15 is 0 Å². The highest BCUT2D eigenvalue weighted by atomic mass is 16.6. The normalized spacial score (nSPS) is 9.71. The summed E-state index contributed by atoms with van der Waals surface area (Å²) in [7, 11) is 1.51. The summed E-state index contributed by atoms with van der Waals surface area (Å²) in [5.41, 5.74) is 1.28. The highest BCUT2D eigenvalue weighted by Gasteiger charge is 2.08. The first-order valence-electron chi connectivity index (χ1n) is 6.08. The summed E-state index contributed by atoms with van der Waals surface area (Å²) in [6, 6.07) is 13.0. The molecule has 0 unspecified atom stereocenters. The molecule has 0 aliphatic heterocycles. The predicted molar refractivity (Wildman–Crippen MR) is 75.1 cm³/mol. The first-order valence-corrected chi connectivity index (χ1v) is 6.08. The van der Waals surface area contributed by atoms with Crippen molar-refractivity contribution >= 4 is 5.69 Å². The Morgan fingerprint density at radius 1 is 1.19 bits per heavy atom. The molecule has 0 N–H and O–H groups in total. The fraction of sp³-hybridized carbons (Fsp3) is 0.133. The molecule has 0 saturated carbocycles. The lowest BCUT2D eigenvalue weighted by Gasteiger charge is -2.10. The maximum atomic E-state index is 10.6. The Morgan fingerprint density at radius 3 is 2.48 bits per heavy atom. The summed E-state index contributed by atoms with van der Waals surface area (Å²) in [5.74, 6) is 0.978. The standard InChI is InChI=1S/C15H12N2O4/c1-20-14-7-4-12(9-16)8-15(14)21-10-11-2-5-13(6-3-11)17(18)19/h2-8H,10H2,1H3. The fourth-order valence-electron chi connectivity index (χ4n) is 1.73. The van der Waals surface area contributed by atoms with Gasteiger partial charge in [-0.05, 0) is 29.8 Å². The van der Waals surface area contributed by atoms with Crippen LogP contribution in [-0.4, -0.2) is 12.0 Å². The van der Waals surface area contributed by atoms with E-state index in [1.54, 1.807) is 30.3 Å². The Hall–Kier alpha value is -3.07. The van der Waals surface area contributed by atoms with E-state index in [2.05, 4.69) is 0 Å². The Balaban J connectivity index is 2.12. The van der Waals surface area contributed by atoms with Crippen LogP contribution in [0.25, 0.3) is 0 Å². The predicted octanol–water partition coefficient (Wildman–Crippen LogP) is 3.05. The van der Waals surface area contributed by atoms with Gasteiger partial charge in [0.05, 0.1) is 23.7 Å². The van der Waals surface area contributed by atoms with Crippen LogP contribution < -0.4 is 9.47 Å². The number of nitriles is 1. The summed E-state index contributed by atoms with van der Waals surface area (Å²) < 4.78 is 10.8. The van der Waals surface area contributed by atoms with Crippen molar-refractivity contribution in [1.82, 2.24) is 0 Å². The molecular weight excluding hydrogens is 272 g/mol. The lowest BCUT2D eigenvalue weighted by Crippen LogP contribution is -1.98. The van der Waals surface area contributed by atoms with E-state index in [9.17, 15) is 10.1 Å². The van der Waals surface area contributed by atoms with Gasteiger partial charge in [0.2, 0.25) is 0 Å². The van der Waals surface area contributed by atoms with Crippen LogP contribution in [0, 0.1) is 21.4 Å². The molecule has 0 saturated heterocycles. The minimum Gasteiger partial charge on any atom is -0.493 e. The van der Waals surface area contributed by atoms with Gasteiger partial charge in [0.15, 0.2) is 11.5 Å². The highest BCUT2D eigenvalue weighted by Crippen LogP contribution is 2.28. The summed E-state index contributed by atoms with van der Waals surface area (Å²) in [4.78, 5) is 10.1. The second kappa shape index (κ2) is 6.39. The minimum atomic E-state index is -0.454. The average Bonchev–Trinajstić information content (AvgIpc) is 2.52. The zero-order valence-electron chi connectivity index (χ0n) is 11.3. The van der Waals surface area contributed by atoms with Gasteiger partial charge in [0.1, 0.15) is 6.61 Å². The van der Waals surface area contributed by atoms with E-state index in [0.717, 1.165) is 5.56 Å². The average molecular weight is 284 g/mol. The van der Waals surface area contributed by atoms with Crippen molar-refractivity contribution in [3.63, 3.8) is 0 Å². The van der Waals surface area contributed by atoms with Crippen LogP contribution in [0.1, 0.15) is 11.1 Å². The molecule has 0 atom stereocenters.